The first-order chi connectivity index (χ1) is 8.84. The lowest BCUT2D eigenvalue weighted by Crippen LogP contribution is -2.46. The lowest BCUT2D eigenvalue weighted by molar-refractivity contribution is 0.0800. The number of hydrogen-bond donors (Lipinski definition) is 1. The van der Waals surface area contributed by atoms with Gasteiger partial charge in [0, 0.05) is 6.04 Å². The Balaban J connectivity index is 1.77. The van der Waals surface area contributed by atoms with Gasteiger partial charge in [0.05, 0.1) is 0 Å². The maximum Gasteiger partial charge on any atom is 0.287 e. The van der Waals surface area contributed by atoms with Gasteiger partial charge in [-0.15, -0.1) is 0 Å². The van der Waals surface area contributed by atoms with Crippen LogP contribution < -0.4 is 5.32 Å². The van der Waals surface area contributed by atoms with Gasteiger partial charge < -0.3 is 9.73 Å². The Morgan fingerprint density at radius 1 is 1.42 bits per heavy atom. The first-order valence-electron chi connectivity index (χ1n) is 6.91. The number of carbonyl (C=O) groups is 1. The average molecular weight is 326 g/mol. The molecule has 0 radical (unpaired) electrons. The first kappa shape index (κ1) is 13.2. The topological polar surface area (TPSA) is 42.2 Å². The van der Waals surface area contributed by atoms with Crippen molar-refractivity contribution >= 4 is 21.8 Å². The second-order valence-corrected chi connectivity index (χ2v) is 7.52. The predicted octanol–water partition coefficient (Wildman–Crippen LogP) is 3.99. The Labute approximate surface area is 122 Å². The van der Waals surface area contributed by atoms with E-state index in [-0.39, 0.29) is 17.4 Å². The molecule has 0 unspecified atom stereocenters. The molecule has 2 saturated carbocycles. The molecule has 2 bridgehead atoms. The van der Waals surface area contributed by atoms with Gasteiger partial charge in [0.2, 0.25) is 0 Å². The van der Waals surface area contributed by atoms with Gasteiger partial charge in [-0.1, -0.05) is 20.8 Å². The monoisotopic (exact) mass is 325 g/mol. The summed E-state index contributed by atoms with van der Waals surface area (Å²) in [6.45, 7) is 7.02. The molecule has 104 valence electrons. The zero-order chi connectivity index (χ0) is 13.8. The first-order valence-corrected chi connectivity index (χ1v) is 7.70. The molecular weight excluding hydrogens is 306 g/mol. The fourth-order valence-electron chi connectivity index (χ4n) is 4.09. The molecule has 3 rings (SSSR count). The zero-order valence-electron chi connectivity index (χ0n) is 11.6. The van der Waals surface area contributed by atoms with E-state index >= 15 is 0 Å². The highest BCUT2D eigenvalue weighted by Crippen LogP contribution is 2.65. The van der Waals surface area contributed by atoms with Gasteiger partial charge in [0.25, 0.3) is 5.91 Å². The molecule has 1 N–H and O–H groups in total. The summed E-state index contributed by atoms with van der Waals surface area (Å²) in [7, 11) is 0. The molecular formula is C15H20BrNO2. The van der Waals surface area contributed by atoms with E-state index in [9.17, 15) is 4.79 Å². The predicted molar refractivity (Wildman–Crippen MR) is 76.9 cm³/mol. The summed E-state index contributed by atoms with van der Waals surface area (Å²) in [5.41, 5.74) is 0.520. The summed E-state index contributed by atoms with van der Waals surface area (Å²) in [6, 6.07) is 3.72. The van der Waals surface area contributed by atoms with Crippen molar-refractivity contribution < 1.29 is 9.21 Å². The van der Waals surface area contributed by atoms with Gasteiger partial charge in [0.1, 0.15) is 0 Å². The Bertz CT molecular complexity index is 522. The Hall–Kier alpha value is -0.770. The molecule has 2 aliphatic carbocycles. The Morgan fingerprint density at radius 3 is 2.63 bits per heavy atom. The van der Waals surface area contributed by atoms with Crippen molar-refractivity contribution in [2.45, 2.75) is 46.1 Å². The minimum absolute atomic E-state index is 0.0970. The smallest absolute Gasteiger partial charge is 0.287 e. The van der Waals surface area contributed by atoms with Gasteiger partial charge in [0.15, 0.2) is 10.4 Å². The molecule has 1 amide bonds. The summed E-state index contributed by atoms with van der Waals surface area (Å²) in [5, 5.41) is 3.18. The van der Waals surface area contributed by atoms with Crippen LogP contribution in [-0.4, -0.2) is 11.9 Å². The van der Waals surface area contributed by atoms with Crippen molar-refractivity contribution in [3.05, 3.63) is 22.6 Å². The molecule has 3 nitrogen and oxygen atoms in total. The highest BCUT2D eigenvalue weighted by atomic mass is 79.9. The standard InChI is InChI=1S/C15H20BrNO2/c1-14(2)9-6-7-15(14,3)11(8-9)17-13(18)10-4-5-12(16)19-10/h4-5,9,11H,6-8H2,1-3H3,(H,17,18)/t9-,11-,15+/m1/s1. The van der Waals surface area contributed by atoms with Crippen LogP contribution in [0.1, 0.15) is 50.6 Å². The van der Waals surface area contributed by atoms with Gasteiger partial charge in [-0.3, -0.25) is 4.79 Å². The van der Waals surface area contributed by atoms with Crippen LogP contribution in [0.2, 0.25) is 0 Å². The summed E-state index contributed by atoms with van der Waals surface area (Å²) in [6.07, 6.45) is 3.59. The molecule has 1 aromatic rings. The van der Waals surface area contributed by atoms with E-state index < -0.39 is 0 Å². The SMILES string of the molecule is CC1(C)[C@@H]2CC[C@@]1(C)[C@H](NC(=O)c1ccc(Br)o1)C2. The van der Waals surface area contributed by atoms with Crippen molar-refractivity contribution in [3.63, 3.8) is 0 Å². The Kier molecular flexibility index (Phi) is 2.86. The van der Waals surface area contributed by atoms with Crippen molar-refractivity contribution in [2.24, 2.45) is 16.7 Å². The molecule has 0 saturated heterocycles. The molecule has 0 aliphatic heterocycles. The van der Waals surface area contributed by atoms with Gasteiger partial charge in [-0.2, -0.15) is 0 Å². The largest absolute Gasteiger partial charge is 0.444 e. The van der Waals surface area contributed by atoms with E-state index in [2.05, 4.69) is 42.0 Å². The van der Waals surface area contributed by atoms with Crippen LogP contribution >= 0.6 is 15.9 Å². The number of furan rings is 1. The third-order valence-corrected chi connectivity index (χ3v) is 6.32. The maximum absolute atomic E-state index is 12.2. The van der Waals surface area contributed by atoms with Crippen LogP contribution in [0.15, 0.2) is 21.2 Å². The molecule has 0 spiro atoms. The minimum atomic E-state index is -0.0970. The molecule has 1 heterocycles. The lowest BCUT2D eigenvalue weighted by Gasteiger charge is -2.39. The zero-order valence-corrected chi connectivity index (χ0v) is 13.2. The molecule has 2 fully saturated rings. The quantitative estimate of drug-likeness (QED) is 0.893. The molecule has 2 aliphatic rings. The van der Waals surface area contributed by atoms with Crippen LogP contribution in [0.3, 0.4) is 0 Å². The van der Waals surface area contributed by atoms with E-state index in [0.29, 0.717) is 15.8 Å². The number of nitrogens with one attached hydrogen (secondary N) is 1. The van der Waals surface area contributed by atoms with E-state index in [0.717, 1.165) is 12.3 Å². The molecule has 0 aromatic carbocycles. The Morgan fingerprint density at radius 2 is 2.16 bits per heavy atom. The number of fused-ring (bicyclic) bond motifs is 2. The molecule has 1 aromatic heterocycles. The van der Waals surface area contributed by atoms with E-state index in [4.69, 9.17) is 4.42 Å². The number of hydrogen-bond acceptors (Lipinski definition) is 2. The summed E-state index contributed by atoms with van der Waals surface area (Å²) in [4.78, 5) is 12.2. The van der Waals surface area contributed by atoms with E-state index in [1.165, 1.54) is 12.8 Å². The molecule has 3 atom stereocenters. The third-order valence-electron chi connectivity index (χ3n) is 5.90. The van der Waals surface area contributed by atoms with Crippen LogP contribution in [0, 0.1) is 16.7 Å². The van der Waals surface area contributed by atoms with Crippen molar-refractivity contribution in [3.8, 4) is 0 Å². The van der Waals surface area contributed by atoms with Gasteiger partial charge in [-0.25, -0.2) is 0 Å². The van der Waals surface area contributed by atoms with Crippen molar-refractivity contribution in [2.75, 3.05) is 0 Å². The number of rotatable bonds is 2. The summed E-state index contributed by atoms with van der Waals surface area (Å²) in [5.74, 6) is 1.02. The average Bonchev–Trinajstić information content (AvgIpc) is 2.91. The second kappa shape index (κ2) is 4.11. The van der Waals surface area contributed by atoms with Gasteiger partial charge >= 0.3 is 0 Å². The molecule has 19 heavy (non-hydrogen) atoms. The van der Waals surface area contributed by atoms with Crippen molar-refractivity contribution in [1.29, 1.82) is 0 Å². The number of amides is 1. The minimum Gasteiger partial charge on any atom is -0.444 e. The lowest BCUT2D eigenvalue weighted by atomic mass is 9.69. The highest BCUT2D eigenvalue weighted by Gasteiger charge is 2.61. The maximum atomic E-state index is 12.2. The van der Waals surface area contributed by atoms with E-state index in [1.807, 2.05) is 0 Å². The molecule has 4 heteroatoms. The van der Waals surface area contributed by atoms with Crippen LogP contribution in [-0.2, 0) is 0 Å². The number of carbonyl (C=O) groups excluding carboxylic acids is 1. The van der Waals surface area contributed by atoms with Crippen LogP contribution in [0.5, 0.6) is 0 Å². The van der Waals surface area contributed by atoms with Crippen molar-refractivity contribution in [1.82, 2.24) is 5.32 Å². The fourth-order valence-corrected chi connectivity index (χ4v) is 4.39. The summed E-state index contributed by atoms with van der Waals surface area (Å²) < 4.78 is 5.92. The normalized spacial score (nSPS) is 35.6. The van der Waals surface area contributed by atoms with Crippen LogP contribution in [0.4, 0.5) is 0 Å². The second-order valence-electron chi connectivity index (χ2n) is 6.74. The fraction of sp³-hybridized carbons (Fsp3) is 0.667. The van der Waals surface area contributed by atoms with Gasteiger partial charge in [-0.05, 0) is 64.1 Å². The summed E-state index contributed by atoms with van der Waals surface area (Å²) >= 11 is 3.23. The number of halogens is 1. The van der Waals surface area contributed by atoms with E-state index in [1.54, 1.807) is 12.1 Å². The third kappa shape index (κ3) is 1.79. The highest BCUT2D eigenvalue weighted by molar-refractivity contribution is 9.10. The van der Waals surface area contributed by atoms with Crippen LogP contribution in [0.25, 0.3) is 0 Å².